The Bertz CT molecular complexity index is 932. The number of hydrogen-bond acceptors (Lipinski definition) is 4. The first-order valence-electron chi connectivity index (χ1n) is 11.5. The molecular formula is C29H33NO3. The number of aliphatic hydroxyl groups is 1. The molecule has 0 amide bonds. The van der Waals surface area contributed by atoms with Crippen molar-refractivity contribution < 1.29 is 14.6 Å². The molecular weight excluding hydrogens is 410 g/mol. The van der Waals surface area contributed by atoms with E-state index in [0.717, 1.165) is 12.0 Å². The van der Waals surface area contributed by atoms with Crippen molar-refractivity contribution in [2.45, 2.75) is 45.0 Å². The molecule has 0 spiro atoms. The van der Waals surface area contributed by atoms with Gasteiger partial charge in [-0.05, 0) is 29.5 Å². The first-order valence-corrected chi connectivity index (χ1v) is 11.5. The molecule has 1 N–H and O–H groups in total. The van der Waals surface area contributed by atoms with Gasteiger partial charge in [-0.2, -0.15) is 0 Å². The summed E-state index contributed by atoms with van der Waals surface area (Å²) in [6.45, 7) is 3.26. The number of carbonyl (C=O) groups excluding carboxylic acids is 1. The molecule has 0 unspecified atom stereocenters. The average molecular weight is 444 g/mol. The maximum absolute atomic E-state index is 12.0. The number of benzene rings is 3. The topological polar surface area (TPSA) is 49.8 Å². The Labute approximate surface area is 197 Å². The maximum Gasteiger partial charge on any atom is 0.330 e. The molecule has 0 bridgehead atoms. The van der Waals surface area contributed by atoms with Crippen LogP contribution in [0.25, 0.3) is 0 Å². The SMILES string of the molecule is CC/C=C/C(=O)OC[C@@H](O)[C@@H](Cc1ccccc1)N(Cc1ccccc1)Cc1ccccc1. The second kappa shape index (κ2) is 13.4. The van der Waals surface area contributed by atoms with Gasteiger partial charge in [0.25, 0.3) is 0 Å². The lowest BCUT2D eigenvalue weighted by atomic mass is 9.98. The number of rotatable bonds is 12. The van der Waals surface area contributed by atoms with E-state index in [2.05, 4.69) is 41.3 Å². The maximum atomic E-state index is 12.0. The van der Waals surface area contributed by atoms with Crippen molar-refractivity contribution in [1.29, 1.82) is 0 Å². The summed E-state index contributed by atoms with van der Waals surface area (Å²) in [6, 6.07) is 30.4. The molecule has 0 aliphatic rings. The van der Waals surface area contributed by atoms with Crippen LogP contribution in [0, 0.1) is 0 Å². The zero-order valence-electron chi connectivity index (χ0n) is 19.2. The lowest BCUT2D eigenvalue weighted by Crippen LogP contribution is -2.46. The number of nitrogens with zero attached hydrogens (tertiary/aromatic N) is 1. The van der Waals surface area contributed by atoms with Gasteiger partial charge < -0.3 is 9.84 Å². The van der Waals surface area contributed by atoms with Gasteiger partial charge in [0.05, 0.1) is 0 Å². The minimum atomic E-state index is -0.836. The molecule has 3 aromatic rings. The molecule has 172 valence electrons. The third kappa shape index (κ3) is 8.33. The van der Waals surface area contributed by atoms with Crippen LogP contribution in [0.4, 0.5) is 0 Å². The van der Waals surface area contributed by atoms with E-state index >= 15 is 0 Å². The summed E-state index contributed by atoms with van der Waals surface area (Å²) in [4.78, 5) is 14.3. The summed E-state index contributed by atoms with van der Waals surface area (Å²) in [5.74, 6) is -0.424. The molecule has 0 saturated carbocycles. The largest absolute Gasteiger partial charge is 0.460 e. The summed E-state index contributed by atoms with van der Waals surface area (Å²) in [5.41, 5.74) is 3.47. The molecule has 0 aliphatic heterocycles. The Balaban J connectivity index is 1.85. The lowest BCUT2D eigenvalue weighted by Gasteiger charge is -2.35. The van der Waals surface area contributed by atoms with Gasteiger partial charge in [-0.1, -0.05) is 104 Å². The molecule has 0 saturated heterocycles. The normalized spacial score (nSPS) is 13.2. The van der Waals surface area contributed by atoms with Crippen molar-refractivity contribution in [2.24, 2.45) is 0 Å². The molecule has 3 aromatic carbocycles. The zero-order valence-corrected chi connectivity index (χ0v) is 19.2. The van der Waals surface area contributed by atoms with Crippen LogP contribution in [0.3, 0.4) is 0 Å². The standard InChI is InChI=1S/C29H33NO3/c1-2-3-19-29(32)33-23-28(31)27(20-24-13-7-4-8-14-24)30(21-25-15-9-5-10-16-25)22-26-17-11-6-12-18-26/h3-19,27-28,31H,2,20-23H2,1H3/b19-3+/t27-,28-/m1/s1. The first-order chi connectivity index (χ1) is 16.2. The van der Waals surface area contributed by atoms with Crippen molar-refractivity contribution in [3.63, 3.8) is 0 Å². The fourth-order valence-corrected chi connectivity index (χ4v) is 3.83. The monoisotopic (exact) mass is 443 g/mol. The number of carbonyl (C=O) groups is 1. The predicted octanol–water partition coefficient (Wildman–Crippen LogP) is 5.17. The molecule has 33 heavy (non-hydrogen) atoms. The summed E-state index contributed by atoms with van der Waals surface area (Å²) in [7, 11) is 0. The third-order valence-electron chi connectivity index (χ3n) is 5.54. The molecule has 0 radical (unpaired) electrons. The van der Waals surface area contributed by atoms with E-state index in [-0.39, 0.29) is 12.6 Å². The van der Waals surface area contributed by atoms with E-state index in [1.54, 1.807) is 6.08 Å². The van der Waals surface area contributed by atoms with Gasteiger partial charge in [-0.3, -0.25) is 4.90 Å². The Morgan fingerprint density at radius 1 is 0.848 bits per heavy atom. The van der Waals surface area contributed by atoms with Gasteiger partial charge in [-0.25, -0.2) is 4.79 Å². The minimum absolute atomic E-state index is 0.0511. The molecule has 2 atom stereocenters. The average Bonchev–Trinajstić information content (AvgIpc) is 2.86. The Hall–Kier alpha value is -3.21. The number of hydrogen-bond donors (Lipinski definition) is 1. The number of allylic oxidation sites excluding steroid dienone is 1. The van der Waals surface area contributed by atoms with Gasteiger partial charge in [-0.15, -0.1) is 0 Å². The van der Waals surface area contributed by atoms with E-state index in [1.165, 1.54) is 17.2 Å². The number of esters is 1. The molecule has 4 nitrogen and oxygen atoms in total. The Morgan fingerprint density at radius 3 is 1.82 bits per heavy atom. The molecule has 0 aliphatic carbocycles. The third-order valence-corrected chi connectivity index (χ3v) is 5.54. The number of ether oxygens (including phenoxy) is 1. The van der Waals surface area contributed by atoms with Crippen molar-refractivity contribution in [2.75, 3.05) is 6.61 Å². The predicted molar refractivity (Wildman–Crippen MR) is 132 cm³/mol. The summed E-state index contributed by atoms with van der Waals surface area (Å²) in [6.07, 6.45) is 3.75. The van der Waals surface area contributed by atoms with Crippen LogP contribution in [0.15, 0.2) is 103 Å². The summed E-state index contributed by atoms with van der Waals surface area (Å²) in [5, 5.41) is 11.2. The van der Waals surface area contributed by atoms with E-state index < -0.39 is 12.1 Å². The van der Waals surface area contributed by atoms with E-state index in [4.69, 9.17) is 4.74 Å². The van der Waals surface area contributed by atoms with Gasteiger partial charge >= 0.3 is 5.97 Å². The number of aliphatic hydroxyl groups excluding tert-OH is 1. The van der Waals surface area contributed by atoms with Crippen LogP contribution < -0.4 is 0 Å². The van der Waals surface area contributed by atoms with E-state index in [1.807, 2.05) is 61.5 Å². The highest BCUT2D eigenvalue weighted by Gasteiger charge is 2.28. The smallest absolute Gasteiger partial charge is 0.330 e. The van der Waals surface area contributed by atoms with Crippen molar-refractivity contribution in [3.05, 3.63) is 120 Å². The van der Waals surface area contributed by atoms with Crippen molar-refractivity contribution in [1.82, 2.24) is 4.90 Å². The van der Waals surface area contributed by atoms with Gasteiger partial charge in [0.2, 0.25) is 0 Å². The first kappa shape index (κ1) is 24.4. The van der Waals surface area contributed by atoms with Crippen LogP contribution in [0.5, 0.6) is 0 Å². The van der Waals surface area contributed by atoms with Crippen LogP contribution in [-0.4, -0.2) is 34.7 Å². The highest BCUT2D eigenvalue weighted by Crippen LogP contribution is 2.20. The highest BCUT2D eigenvalue weighted by atomic mass is 16.5. The van der Waals surface area contributed by atoms with Gasteiger partial charge in [0, 0.05) is 25.2 Å². The summed E-state index contributed by atoms with van der Waals surface area (Å²) >= 11 is 0. The summed E-state index contributed by atoms with van der Waals surface area (Å²) < 4.78 is 5.37. The molecule has 0 aromatic heterocycles. The van der Waals surface area contributed by atoms with E-state index in [0.29, 0.717) is 19.5 Å². The Morgan fingerprint density at radius 2 is 1.33 bits per heavy atom. The van der Waals surface area contributed by atoms with Crippen LogP contribution in [-0.2, 0) is 29.0 Å². The zero-order chi connectivity index (χ0) is 23.3. The highest BCUT2D eigenvalue weighted by molar-refractivity contribution is 5.81. The van der Waals surface area contributed by atoms with Crippen molar-refractivity contribution in [3.8, 4) is 0 Å². The Kier molecular flexibility index (Phi) is 9.89. The molecule has 4 heteroatoms. The van der Waals surface area contributed by atoms with Crippen LogP contribution >= 0.6 is 0 Å². The fourth-order valence-electron chi connectivity index (χ4n) is 3.83. The quantitative estimate of drug-likeness (QED) is 0.310. The van der Waals surface area contributed by atoms with Crippen molar-refractivity contribution >= 4 is 5.97 Å². The van der Waals surface area contributed by atoms with E-state index in [9.17, 15) is 9.90 Å². The lowest BCUT2D eigenvalue weighted by molar-refractivity contribution is -0.142. The van der Waals surface area contributed by atoms with Gasteiger partial charge in [0.1, 0.15) is 12.7 Å². The second-order valence-corrected chi connectivity index (χ2v) is 8.14. The minimum Gasteiger partial charge on any atom is -0.460 e. The fraction of sp³-hybridized carbons (Fsp3) is 0.276. The van der Waals surface area contributed by atoms with Crippen LogP contribution in [0.1, 0.15) is 30.0 Å². The molecule has 0 heterocycles. The molecule has 0 fully saturated rings. The van der Waals surface area contributed by atoms with Crippen LogP contribution in [0.2, 0.25) is 0 Å². The molecule has 3 rings (SSSR count). The van der Waals surface area contributed by atoms with Gasteiger partial charge in [0.15, 0.2) is 0 Å². The second-order valence-electron chi connectivity index (χ2n) is 8.14.